The van der Waals surface area contributed by atoms with E-state index in [9.17, 15) is 18.8 Å². The Balaban J connectivity index is 1.74. The van der Waals surface area contributed by atoms with Crippen molar-refractivity contribution < 1.29 is 23.4 Å². The van der Waals surface area contributed by atoms with Gasteiger partial charge in [-0.25, -0.2) is 9.18 Å². The number of likely N-dealkylation sites (N-methyl/N-ethyl adjacent to an activating group) is 1. The first-order valence-electron chi connectivity index (χ1n) is 12.6. The van der Waals surface area contributed by atoms with Crippen LogP contribution >= 0.6 is 11.3 Å². The quantitative estimate of drug-likeness (QED) is 0.265. The lowest BCUT2D eigenvalue weighted by Gasteiger charge is -2.23. The minimum atomic E-state index is -0.839. The van der Waals surface area contributed by atoms with Crippen LogP contribution in [0.5, 0.6) is 5.75 Å². The number of likely N-dealkylation sites (tertiary alicyclic amines) is 1. The molecule has 14 heteroatoms. The molecule has 0 N–H and O–H groups in total. The Morgan fingerprint density at radius 3 is 2.55 bits per heavy atom. The van der Waals surface area contributed by atoms with Crippen molar-refractivity contribution in [2.24, 2.45) is 0 Å². The van der Waals surface area contributed by atoms with E-state index in [2.05, 4.69) is 10.2 Å². The van der Waals surface area contributed by atoms with Crippen LogP contribution in [0.1, 0.15) is 29.7 Å². The highest BCUT2D eigenvalue weighted by molar-refractivity contribution is 7.21. The van der Waals surface area contributed by atoms with Crippen molar-refractivity contribution in [3.05, 3.63) is 68.4 Å². The van der Waals surface area contributed by atoms with E-state index in [1.807, 2.05) is 0 Å². The molecule has 1 saturated heterocycles. The number of carbonyl (C=O) groups is 1. The van der Waals surface area contributed by atoms with Crippen molar-refractivity contribution in [3.8, 4) is 10.8 Å². The van der Waals surface area contributed by atoms with E-state index in [4.69, 9.17) is 14.2 Å². The molecule has 0 unspecified atom stereocenters. The van der Waals surface area contributed by atoms with Crippen LogP contribution in [0, 0.1) is 12.7 Å². The van der Waals surface area contributed by atoms with Crippen molar-refractivity contribution >= 4 is 27.5 Å². The molecule has 5 rings (SSSR count). The van der Waals surface area contributed by atoms with E-state index in [0.29, 0.717) is 32.1 Å². The number of hydrogen-bond donors (Lipinski definition) is 0. The Labute approximate surface area is 232 Å². The van der Waals surface area contributed by atoms with Gasteiger partial charge >= 0.3 is 5.69 Å². The minimum Gasteiger partial charge on any atom is -0.496 e. The van der Waals surface area contributed by atoms with Crippen molar-refractivity contribution in [2.75, 3.05) is 41.0 Å². The van der Waals surface area contributed by atoms with Gasteiger partial charge in [-0.05, 0) is 25.1 Å². The number of fused-ring (bicyclic) bond motifs is 1. The molecule has 0 spiro atoms. The van der Waals surface area contributed by atoms with Crippen LogP contribution in [0.15, 0.2) is 40.2 Å². The first kappa shape index (κ1) is 27.7. The summed E-state index contributed by atoms with van der Waals surface area (Å²) in [6, 6.07) is 3.43. The van der Waals surface area contributed by atoms with Gasteiger partial charge in [0.2, 0.25) is 5.91 Å². The lowest BCUT2D eigenvalue weighted by Crippen LogP contribution is -2.43. The van der Waals surface area contributed by atoms with Gasteiger partial charge in [-0.15, -0.1) is 4.80 Å². The Morgan fingerprint density at radius 1 is 1.15 bits per heavy atom. The predicted molar refractivity (Wildman–Crippen MR) is 145 cm³/mol. The number of aryl methyl sites for hydroxylation is 1. The van der Waals surface area contributed by atoms with Gasteiger partial charge in [0.1, 0.15) is 27.5 Å². The van der Waals surface area contributed by atoms with Gasteiger partial charge in [0, 0.05) is 38.2 Å². The topological polar surface area (TPSA) is 123 Å². The summed E-state index contributed by atoms with van der Waals surface area (Å²) in [4.78, 5) is 43.6. The number of methoxy groups -OCH3 is 2. The third-order valence-corrected chi connectivity index (χ3v) is 8.28. The molecule has 2 atom stereocenters. The second-order valence-corrected chi connectivity index (χ2v) is 10.4. The maximum atomic E-state index is 14.4. The highest BCUT2D eigenvalue weighted by Crippen LogP contribution is 2.34. The number of amides is 1. The van der Waals surface area contributed by atoms with Crippen LogP contribution in [-0.4, -0.2) is 76.0 Å². The third-order valence-electron chi connectivity index (χ3n) is 7.00. The number of hydrogen-bond acceptors (Lipinski definition) is 9. The molecule has 40 heavy (non-hydrogen) atoms. The summed E-state index contributed by atoms with van der Waals surface area (Å²) in [6.45, 7) is 2.35. The molecule has 1 fully saturated rings. The lowest BCUT2D eigenvalue weighted by molar-refractivity contribution is -0.126. The van der Waals surface area contributed by atoms with Crippen LogP contribution in [0.3, 0.4) is 0 Å². The molecule has 3 aromatic heterocycles. The highest BCUT2D eigenvalue weighted by Gasteiger charge is 2.33. The number of thiophene rings is 1. The summed E-state index contributed by atoms with van der Waals surface area (Å²) in [5, 5.41) is 9.31. The van der Waals surface area contributed by atoms with Crippen molar-refractivity contribution in [1.82, 2.24) is 29.0 Å². The lowest BCUT2D eigenvalue weighted by atomic mass is 10.1. The van der Waals surface area contributed by atoms with E-state index in [-0.39, 0.29) is 38.6 Å². The first-order chi connectivity index (χ1) is 19.2. The maximum Gasteiger partial charge on any atom is 0.332 e. The fraction of sp³-hybridized carbons (Fsp3) is 0.423. The normalized spacial score (nSPS) is 16.3. The molecule has 0 radical (unpaired) electrons. The van der Waals surface area contributed by atoms with E-state index < -0.39 is 29.2 Å². The Morgan fingerprint density at radius 2 is 1.90 bits per heavy atom. The highest BCUT2D eigenvalue weighted by atomic mass is 32.1. The van der Waals surface area contributed by atoms with Gasteiger partial charge in [-0.1, -0.05) is 11.3 Å². The molecule has 0 aliphatic carbocycles. The Kier molecular flexibility index (Phi) is 7.83. The summed E-state index contributed by atoms with van der Waals surface area (Å²) in [5.41, 5.74) is -0.0878. The van der Waals surface area contributed by atoms with E-state index in [1.54, 1.807) is 14.0 Å². The summed E-state index contributed by atoms with van der Waals surface area (Å²) in [6.07, 6.45) is 2.23. The molecule has 1 aliphatic heterocycles. The largest absolute Gasteiger partial charge is 0.496 e. The summed E-state index contributed by atoms with van der Waals surface area (Å²) in [7, 11) is 4.63. The third kappa shape index (κ3) is 4.93. The van der Waals surface area contributed by atoms with Gasteiger partial charge in [0.25, 0.3) is 5.56 Å². The molecular weight excluding hydrogens is 543 g/mol. The van der Waals surface area contributed by atoms with Crippen molar-refractivity contribution in [1.29, 1.82) is 0 Å². The zero-order valence-electron chi connectivity index (χ0n) is 22.5. The number of nitrogens with zero attached hydrogens (tertiary/aromatic N) is 6. The molecule has 1 aliphatic rings. The van der Waals surface area contributed by atoms with Crippen LogP contribution in [0.25, 0.3) is 15.2 Å². The molecule has 1 amide bonds. The smallest absolute Gasteiger partial charge is 0.332 e. The molecule has 12 nitrogen and oxygen atoms in total. The summed E-state index contributed by atoms with van der Waals surface area (Å²) >= 11 is 1.19. The van der Waals surface area contributed by atoms with Gasteiger partial charge in [-0.3, -0.25) is 18.7 Å². The minimum absolute atomic E-state index is 0.0272. The fourth-order valence-electron chi connectivity index (χ4n) is 5.00. The van der Waals surface area contributed by atoms with Crippen LogP contribution in [-0.2, 0) is 20.8 Å². The zero-order chi connectivity index (χ0) is 28.6. The number of halogens is 1. The van der Waals surface area contributed by atoms with Crippen LogP contribution in [0.4, 0.5) is 4.39 Å². The van der Waals surface area contributed by atoms with Gasteiger partial charge in [0.15, 0.2) is 0 Å². The molecule has 0 saturated carbocycles. The summed E-state index contributed by atoms with van der Waals surface area (Å²) in [5.74, 6) is -0.268. The van der Waals surface area contributed by atoms with Gasteiger partial charge in [-0.2, -0.15) is 10.2 Å². The first-order valence-corrected chi connectivity index (χ1v) is 13.4. The number of rotatable bonds is 10. The van der Waals surface area contributed by atoms with Crippen LogP contribution in [0.2, 0.25) is 0 Å². The number of benzene rings is 1. The second kappa shape index (κ2) is 11.3. The molecular formula is C26H29FN6O6S. The van der Waals surface area contributed by atoms with E-state index in [1.165, 1.54) is 70.4 Å². The summed E-state index contributed by atoms with van der Waals surface area (Å²) < 4.78 is 33.7. The number of aromatic nitrogens is 5. The van der Waals surface area contributed by atoms with Crippen LogP contribution < -0.4 is 16.0 Å². The molecule has 0 bridgehead atoms. The van der Waals surface area contributed by atoms with Crippen molar-refractivity contribution in [3.63, 3.8) is 0 Å². The van der Waals surface area contributed by atoms with E-state index in [0.717, 1.165) is 4.57 Å². The average molecular weight is 573 g/mol. The average Bonchev–Trinajstić information content (AvgIpc) is 3.65. The molecule has 4 aromatic rings. The second-order valence-electron chi connectivity index (χ2n) is 9.47. The Hall–Kier alpha value is -3.88. The monoisotopic (exact) mass is 572 g/mol. The standard InChI is InChI=1S/C26H29FN6O6S/c1-15-22-23(35)32(17-12-21(34)30(2)13-17)26(36)31(25(22)40-24(15)33-28-7-8-29-33)14-20(39-10-9-37-3)18-11-16(27)5-6-19(18)38-4/h5-8,11,17,20H,9-10,12-14H2,1-4H3/t17-,20-/m0/s1. The van der Waals surface area contributed by atoms with Gasteiger partial charge < -0.3 is 19.1 Å². The van der Waals surface area contributed by atoms with E-state index >= 15 is 0 Å². The Bertz CT molecular complexity index is 1660. The SMILES string of the molecule is COCCO[C@@H](Cn1c(=O)n([C@H]2CC(=O)N(C)C2)c(=O)c2c(C)c(-n3nccn3)sc21)c1cc(F)ccc1OC. The van der Waals surface area contributed by atoms with Gasteiger partial charge in [0.05, 0.1) is 50.7 Å². The maximum absolute atomic E-state index is 14.4. The fourth-order valence-corrected chi connectivity index (χ4v) is 6.22. The van der Waals surface area contributed by atoms with Crippen molar-refractivity contribution in [2.45, 2.75) is 32.0 Å². The molecule has 4 heterocycles. The zero-order valence-corrected chi connectivity index (χ0v) is 23.3. The molecule has 212 valence electrons. The number of ether oxygens (including phenoxy) is 3. The number of carbonyl (C=O) groups excluding carboxylic acids is 1. The predicted octanol–water partition coefficient (Wildman–Crippen LogP) is 2.07. The molecule has 1 aromatic carbocycles.